The Kier molecular flexibility index (Phi) is 3.16. The maximum absolute atomic E-state index is 9.44. The van der Waals surface area contributed by atoms with Gasteiger partial charge >= 0.3 is 0 Å². The van der Waals surface area contributed by atoms with Gasteiger partial charge in [0.15, 0.2) is 0 Å². The molecule has 2 aliphatic rings. The molecule has 0 radical (unpaired) electrons. The summed E-state index contributed by atoms with van der Waals surface area (Å²) in [4.78, 5) is 2.25. The number of β-amino-alcohol motifs (C(OH)–C–C–N with tert-alkyl or cyclic N) is 1. The van der Waals surface area contributed by atoms with Crippen LogP contribution in [-0.2, 0) is 9.47 Å². The highest BCUT2D eigenvalue weighted by atomic mass is 16.6. The second-order valence-electron chi connectivity index (χ2n) is 3.77. The molecule has 2 aliphatic heterocycles. The SMILES string of the molecule is OC1COCCN(CCC2CO2)C1. The Morgan fingerprint density at radius 2 is 2.23 bits per heavy atom. The zero-order valence-corrected chi connectivity index (χ0v) is 7.82. The minimum absolute atomic E-state index is 0.317. The number of rotatable bonds is 3. The van der Waals surface area contributed by atoms with Gasteiger partial charge in [-0.05, 0) is 6.42 Å². The highest BCUT2D eigenvalue weighted by Gasteiger charge is 2.24. The molecule has 2 heterocycles. The molecule has 0 spiro atoms. The molecule has 2 unspecified atom stereocenters. The lowest BCUT2D eigenvalue weighted by molar-refractivity contribution is 0.0564. The summed E-state index contributed by atoms with van der Waals surface area (Å²) in [6.45, 7) is 4.84. The first-order valence-corrected chi connectivity index (χ1v) is 4.94. The van der Waals surface area contributed by atoms with Crippen LogP contribution in [0, 0.1) is 0 Å². The van der Waals surface area contributed by atoms with E-state index < -0.39 is 0 Å². The second kappa shape index (κ2) is 4.37. The predicted octanol–water partition coefficient (Wildman–Crippen LogP) is -0.532. The summed E-state index contributed by atoms with van der Waals surface area (Å²) in [6, 6.07) is 0. The Labute approximate surface area is 78.4 Å². The topological polar surface area (TPSA) is 45.2 Å². The van der Waals surface area contributed by atoms with Crippen LogP contribution in [0.2, 0.25) is 0 Å². The molecule has 4 heteroatoms. The van der Waals surface area contributed by atoms with E-state index in [4.69, 9.17) is 9.47 Å². The van der Waals surface area contributed by atoms with Crippen molar-refractivity contribution in [2.45, 2.75) is 18.6 Å². The molecule has 2 rings (SSSR count). The quantitative estimate of drug-likeness (QED) is 0.603. The van der Waals surface area contributed by atoms with Crippen molar-refractivity contribution in [3.8, 4) is 0 Å². The van der Waals surface area contributed by atoms with Crippen LogP contribution < -0.4 is 0 Å². The van der Waals surface area contributed by atoms with Crippen molar-refractivity contribution in [1.29, 1.82) is 0 Å². The average Bonchev–Trinajstić information content (AvgIpc) is 2.88. The molecule has 0 aliphatic carbocycles. The first-order valence-electron chi connectivity index (χ1n) is 4.94. The largest absolute Gasteiger partial charge is 0.389 e. The van der Waals surface area contributed by atoms with Crippen molar-refractivity contribution < 1.29 is 14.6 Å². The van der Waals surface area contributed by atoms with Crippen molar-refractivity contribution in [2.75, 3.05) is 39.5 Å². The third kappa shape index (κ3) is 3.23. The van der Waals surface area contributed by atoms with Gasteiger partial charge in [-0.1, -0.05) is 0 Å². The fourth-order valence-corrected chi connectivity index (χ4v) is 1.62. The van der Waals surface area contributed by atoms with Crippen LogP contribution >= 0.6 is 0 Å². The number of hydrogen-bond acceptors (Lipinski definition) is 4. The van der Waals surface area contributed by atoms with Gasteiger partial charge in [0.2, 0.25) is 0 Å². The maximum Gasteiger partial charge on any atom is 0.0900 e. The zero-order valence-electron chi connectivity index (χ0n) is 7.82. The summed E-state index contributed by atoms with van der Waals surface area (Å²) < 4.78 is 10.4. The Balaban J connectivity index is 1.68. The lowest BCUT2D eigenvalue weighted by Crippen LogP contribution is -2.33. The maximum atomic E-state index is 9.44. The van der Waals surface area contributed by atoms with Gasteiger partial charge in [-0.2, -0.15) is 0 Å². The number of ether oxygens (including phenoxy) is 2. The number of hydrogen-bond donors (Lipinski definition) is 1. The van der Waals surface area contributed by atoms with Crippen molar-refractivity contribution in [1.82, 2.24) is 4.90 Å². The standard InChI is InChI=1S/C9H17NO3/c11-8-5-10(3-4-12-6-8)2-1-9-7-13-9/h8-9,11H,1-7H2. The highest BCUT2D eigenvalue weighted by Crippen LogP contribution is 2.14. The molecule has 2 fully saturated rings. The van der Waals surface area contributed by atoms with Crippen LogP contribution in [0.5, 0.6) is 0 Å². The van der Waals surface area contributed by atoms with Crippen molar-refractivity contribution in [3.63, 3.8) is 0 Å². The highest BCUT2D eigenvalue weighted by molar-refractivity contribution is 4.74. The van der Waals surface area contributed by atoms with Gasteiger partial charge in [-0.25, -0.2) is 0 Å². The monoisotopic (exact) mass is 187 g/mol. The fraction of sp³-hybridized carbons (Fsp3) is 1.00. The van der Waals surface area contributed by atoms with E-state index in [1.54, 1.807) is 0 Å². The Morgan fingerprint density at radius 3 is 3.00 bits per heavy atom. The van der Waals surface area contributed by atoms with Crippen molar-refractivity contribution in [2.24, 2.45) is 0 Å². The van der Waals surface area contributed by atoms with Crippen LogP contribution in [0.25, 0.3) is 0 Å². The summed E-state index contributed by atoms with van der Waals surface area (Å²) in [6.07, 6.45) is 1.26. The van der Waals surface area contributed by atoms with Gasteiger partial charge in [0.05, 0.1) is 32.0 Å². The van der Waals surface area contributed by atoms with E-state index in [0.717, 1.165) is 39.3 Å². The van der Waals surface area contributed by atoms with Crippen LogP contribution in [-0.4, -0.2) is 61.7 Å². The van der Waals surface area contributed by atoms with Gasteiger partial charge < -0.3 is 14.6 Å². The molecule has 4 nitrogen and oxygen atoms in total. The second-order valence-corrected chi connectivity index (χ2v) is 3.77. The minimum Gasteiger partial charge on any atom is -0.389 e. The van der Waals surface area contributed by atoms with Gasteiger partial charge in [0, 0.05) is 19.6 Å². The summed E-state index contributed by atoms with van der Waals surface area (Å²) >= 11 is 0. The van der Waals surface area contributed by atoms with Crippen LogP contribution in [0.15, 0.2) is 0 Å². The van der Waals surface area contributed by atoms with E-state index >= 15 is 0 Å². The van der Waals surface area contributed by atoms with E-state index in [2.05, 4.69) is 4.90 Å². The molecule has 0 aromatic carbocycles. The van der Waals surface area contributed by atoms with Crippen LogP contribution in [0.3, 0.4) is 0 Å². The zero-order chi connectivity index (χ0) is 9.10. The first-order chi connectivity index (χ1) is 6.34. The molecule has 13 heavy (non-hydrogen) atoms. The Bertz CT molecular complexity index is 161. The van der Waals surface area contributed by atoms with E-state index in [0.29, 0.717) is 12.7 Å². The van der Waals surface area contributed by atoms with E-state index in [9.17, 15) is 5.11 Å². The van der Waals surface area contributed by atoms with Crippen molar-refractivity contribution in [3.05, 3.63) is 0 Å². The molecule has 76 valence electrons. The number of aliphatic hydroxyl groups is 1. The third-order valence-electron chi connectivity index (χ3n) is 2.50. The van der Waals surface area contributed by atoms with Crippen LogP contribution in [0.1, 0.15) is 6.42 Å². The number of epoxide rings is 1. The molecule has 0 bridgehead atoms. The van der Waals surface area contributed by atoms with E-state index in [1.807, 2.05) is 0 Å². The predicted molar refractivity (Wildman–Crippen MR) is 47.6 cm³/mol. The Morgan fingerprint density at radius 1 is 1.38 bits per heavy atom. The van der Waals surface area contributed by atoms with E-state index in [1.165, 1.54) is 0 Å². The molecule has 0 aromatic heterocycles. The smallest absolute Gasteiger partial charge is 0.0900 e. The summed E-state index contributed by atoms with van der Waals surface area (Å²) in [7, 11) is 0. The Hall–Kier alpha value is -0.160. The molecule has 2 saturated heterocycles. The lowest BCUT2D eigenvalue weighted by Gasteiger charge is -2.19. The number of aliphatic hydroxyl groups excluding tert-OH is 1. The number of nitrogens with zero attached hydrogens (tertiary/aromatic N) is 1. The molecule has 0 aromatic rings. The molecule has 0 saturated carbocycles. The molecule has 1 N–H and O–H groups in total. The molecule has 0 amide bonds. The van der Waals surface area contributed by atoms with Gasteiger partial charge in [-0.15, -0.1) is 0 Å². The van der Waals surface area contributed by atoms with Gasteiger partial charge in [0.1, 0.15) is 0 Å². The fourth-order valence-electron chi connectivity index (χ4n) is 1.62. The summed E-state index contributed by atoms with van der Waals surface area (Å²) in [5, 5.41) is 9.44. The summed E-state index contributed by atoms with van der Waals surface area (Å²) in [5.74, 6) is 0. The first kappa shape index (κ1) is 9.40. The van der Waals surface area contributed by atoms with E-state index in [-0.39, 0.29) is 6.10 Å². The van der Waals surface area contributed by atoms with Crippen molar-refractivity contribution >= 4 is 0 Å². The summed E-state index contributed by atoms with van der Waals surface area (Å²) in [5.41, 5.74) is 0. The lowest BCUT2D eigenvalue weighted by atomic mass is 10.3. The molecular formula is C9H17NO3. The van der Waals surface area contributed by atoms with Gasteiger partial charge in [0.25, 0.3) is 0 Å². The normalized spacial score (nSPS) is 35.8. The minimum atomic E-state index is -0.317. The molecular weight excluding hydrogens is 170 g/mol. The van der Waals surface area contributed by atoms with Gasteiger partial charge in [-0.3, -0.25) is 4.90 Å². The molecule has 2 atom stereocenters. The third-order valence-corrected chi connectivity index (χ3v) is 2.50. The average molecular weight is 187 g/mol. The van der Waals surface area contributed by atoms with Crippen LogP contribution in [0.4, 0.5) is 0 Å².